The number of hydrogen-bond acceptors (Lipinski definition) is 6. The van der Waals surface area contributed by atoms with Crippen LogP contribution in [0.15, 0.2) is 42.6 Å². The van der Waals surface area contributed by atoms with E-state index in [2.05, 4.69) is 46.6 Å². The van der Waals surface area contributed by atoms with E-state index < -0.39 is 0 Å². The zero-order valence-electron chi connectivity index (χ0n) is 15.6. The molecule has 0 saturated carbocycles. The van der Waals surface area contributed by atoms with E-state index in [-0.39, 0.29) is 0 Å². The smallest absolute Gasteiger partial charge is 0.229 e. The van der Waals surface area contributed by atoms with E-state index in [0.717, 1.165) is 5.69 Å². The molecule has 3 aromatic rings. The largest absolute Gasteiger partial charge is 0.495 e. The van der Waals surface area contributed by atoms with Gasteiger partial charge in [0.15, 0.2) is 0 Å². The quantitative estimate of drug-likeness (QED) is 0.604. The molecule has 27 heavy (non-hydrogen) atoms. The highest BCUT2D eigenvalue weighted by molar-refractivity contribution is 6.32. The minimum atomic E-state index is 0.472. The Morgan fingerprint density at radius 3 is 2.37 bits per heavy atom. The lowest BCUT2D eigenvalue weighted by atomic mass is 10.1. The van der Waals surface area contributed by atoms with Crippen LogP contribution in [0.3, 0.4) is 0 Å². The second-order valence-corrected chi connectivity index (χ2v) is 6.41. The number of benzene rings is 2. The first-order valence-corrected chi connectivity index (χ1v) is 8.74. The Labute approximate surface area is 163 Å². The first kappa shape index (κ1) is 18.8. The van der Waals surface area contributed by atoms with Gasteiger partial charge in [0.05, 0.1) is 24.9 Å². The number of aryl methyl sites for hydroxylation is 2. The average molecular weight is 385 g/mol. The number of nitrogens with one attached hydrogen (secondary N) is 2. The Morgan fingerprint density at radius 2 is 1.67 bits per heavy atom. The second kappa shape index (κ2) is 8.14. The molecule has 0 amide bonds. The number of anilines is 4. The van der Waals surface area contributed by atoms with Gasteiger partial charge in [-0.25, -0.2) is 4.98 Å². The van der Waals surface area contributed by atoms with E-state index >= 15 is 0 Å². The maximum Gasteiger partial charge on any atom is 0.229 e. The number of halogens is 1. The molecular weight excluding hydrogens is 364 g/mol. The summed E-state index contributed by atoms with van der Waals surface area (Å²) in [6.45, 7) is 4.15. The number of ether oxygens (including phenoxy) is 2. The van der Waals surface area contributed by atoms with E-state index in [1.54, 1.807) is 38.6 Å². The molecule has 0 atom stereocenters. The third kappa shape index (κ3) is 4.41. The summed E-state index contributed by atoms with van der Waals surface area (Å²) >= 11 is 6.15. The van der Waals surface area contributed by atoms with Crippen molar-refractivity contribution >= 4 is 34.7 Å². The molecule has 0 aliphatic rings. The molecule has 2 aromatic carbocycles. The summed E-state index contributed by atoms with van der Waals surface area (Å²) in [6, 6.07) is 11.3. The molecule has 6 nitrogen and oxygen atoms in total. The summed E-state index contributed by atoms with van der Waals surface area (Å²) in [4.78, 5) is 8.79. The van der Waals surface area contributed by atoms with Crippen molar-refractivity contribution in [2.45, 2.75) is 13.8 Å². The maximum atomic E-state index is 6.15. The van der Waals surface area contributed by atoms with Crippen molar-refractivity contribution in [3.63, 3.8) is 0 Å². The van der Waals surface area contributed by atoms with Crippen LogP contribution >= 0.6 is 11.6 Å². The lowest BCUT2D eigenvalue weighted by Gasteiger charge is -2.14. The summed E-state index contributed by atoms with van der Waals surface area (Å²) in [5, 5.41) is 6.91. The Kier molecular flexibility index (Phi) is 5.66. The summed E-state index contributed by atoms with van der Waals surface area (Å²) in [6.07, 6.45) is 1.68. The van der Waals surface area contributed by atoms with Crippen LogP contribution in [0, 0.1) is 13.8 Å². The van der Waals surface area contributed by atoms with Crippen molar-refractivity contribution in [2.24, 2.45) is 0 Å². The second-order valence-electron chi connectivity index (χ2n) is 6.00. The Bertz CT molecular complexity index is 963. The van der Waals surface area contributed by atoms with Crippen LogP contribution < -0.4 is 20.1 Å². The van der Waals surface area contributed by atoms with Crippen LogP contribution in [0.25, 0.3) is 0 Å². The van der Waals surface area contributed by atoms with Gasteiger partial charge in [-0.3, -0.25) is 0 Å². The number of methoxy groups -OCH3 is 2. The molecule has 140 valence electrons. The van der Waals surface area contributed by atoms with E-state index in [4.69, 9.17) is 21.1 Å². The van der Waals surface area contributed by atoms with Gasteiger partial charge in [0.1, 0.15) is 17.3 Å². The molecule has 0 aliphatic heterocycles. The minimum Gasteiger partial charge on any atom is -0.495 e. The molecule has 1 aromatic heterocycles. The molecule has 0 spiro atoms. The van der Waals surface area contributed by atoms with Crippen LogP contribution in [0.1, 0.15) is 11.1 Å². The maximum absolute atomic E-state index is 6.15. The van der Waals surface area contributed by atoms with E-state index in [0.29, 0.717) is 34.0 Å². The van der Waals surface area contributed by atoms with Crippen molar-refractivity contribution in [3.05, 3.63) is 58.7 Å². The molecule has 7 heteroatoms. The summed E-state index contributed by atoms with van der Waals surface area (Å²) in [7, 11) is 3.14. The fourth-order valence-corrected chi connectivity index (χ4v) is 2.76. The molecule has 0 unspecified atom stereocenters. The highest BCUT2D eigenvalue weighted by atomic mass is 35.5. The van der Waals surface area contributed by atoms with Gasteiger partial charge in [-0.15, -0.1) is 0 Å². The van der Waals surface area contributed by atoms with Gasteiger partial charge in [0.25, 0.3) is 0 Å². The zero-order valence-corrected chi connectivity index (χ0v) is 16.4. The number of nitrogens with zero attached hydrogens (tertiary/aromatic N) is 2. The lowest BCUT2D eigenvalue weighted by molar-refractivity contribution is 0.405. The van der Waals surface area contributed by atoms with Gasteiger partial charge >= 0.3 is 0 Å². The molecule has 0 saturated heterocycles. The molecule has 3 rings (SSSR count). The van der Waals surface area contributed by atoms with Crippen molar-refractivity contribution in [1.82, 2.24) is 9.97 Å². The van der Waals surface area contributed by atoms with Gasteiger partial charge in [-0.05, 0) is 43.2 Å². The Hall–Kier alpha value is -2.99. The van der Waals surface area contributed by atoms with Gasteiger partial charge in [-0.1, -0.05) is 17.7 Å². The molecule has 1 heterocycles. The molecular formula is C20H21ClN4O2. The topological polar surface area (TPSA) is 68.3 Å². The van der Waals surface area contributed by atoms with E-state index in [9.17, 15) is 0 Å². The van der Waals surface area contributed by atoms with E-state index in [1.807, 2.05) is 6.07 Å². The van der Waals surface area contributed by atoms with Crippen molar-refractivity contribution in [2.75, 3.05) is 24.9 Å². The molecule has 2 N–H and O–H groups in total. The SMILES string of the molecule is COc1cc(Nc2ccnc(Nc3ccc(C)c(C)c3)n2)c(OC)cc1Cl. The van der Waals surface area contributed by atoms with Crippen LogP contribution in [0.4, 0.5) is 23.1 Å². The normalized spacial score (nSPS) is 10.4. The summed E-state index contributed by atoms with van der Waals surface area (Å²) < 4.78 is 10.7. The summed E-state index contributed by atoms with van der Waals surface area (Å²) in [5.41, 5.74) is 4.06. The predicted octanol–water partition coefficient (Wildman–Crippen LogP) is 5.25. The van der Waals surface area contributed by atoms with Crippen LogP contribution in [0.5, 0.6) is 11.5 Å². The van der Waals surface area contributed by atoms with Crippen molar-refractivity contribution < 1.29 is 9.47 Å². The molecule has 0 aliphatic carbocycles. The van der Waals surface area contributed by atoms with Crippen LogP contribution in [-0.2, 0) is 0 Å². The van der Waals surface area contributed by atoms with Crippen LogP contribution in [0.2, 0.25) is 5.02 Å². The van der Waals surface area contributed by atoms with E-state index in [1.165, 1.54) is 11.1 Å². The first-order valence-electron chi connectivity index (χ1n) is 8.36. The van der Waals surface area contributed by atoms with Gasteiger partial charge in [0.2, 0.25) is 5.95 Å². The fourth-order valence-electron chi connectivity index (χ4n) is 2.53. The Morgan fingerprint density at radius 1 is 0.889 bits per heavy atom. The molecule has 0 radical (unpaired) electrons. The highest BCUT2D eigenvalue weighted by Gasteiger charge is 2.11. The zero-order chi connectivity index (χ0) is 19.4. The number of rotatable bonds is 6. The fraction of sp³-hybridized carbons (Fsp3) is 0.200. The third-order valence-electron chi connectivity index (χ3n) is 4.16. The van der Waals surface area contributed by atoms with Crippen LogP contribution in [-0.4, -0.2) is 24.2 Å². The monoisotopic (exact) mass is 384 g/mol. The number of aromatic nitrogens is 2. The predicted molar refractivity (Wildman–Crippen MR) is 109 cm³/mol. The van der Waals surface area contributed by atoms with Crippen molar-refractivity contribution in [1.29, 1.82) is 0 Å². The highest BCUT2D eigenvalue weighted by Crippen LogP contribution is 2.37. The molecule has 0 bridgehead atoms. The number of hydrogen-bond donors (Lipinski definition) is 2. The first-order chi connectivity index (χ1) is 13.0. The minimum absolute atomic E-state index is 0.472. The van der Waals surface area contributed by atoms with Gasteiger partial charge < -0.3 is 20.1 Å². The standard InChI is InChI=1S/C20H21ClN4O2/c1-12-5-6-14(9-13(12)2)23-20-22-8-7-19(25-20)24-16-11-17(26-3)15(21)10-18(16)27-4/h5-11H,1-4H3,(H2,22,23,24,25). The van der Waals surface area contributed by atoms with Crippen molar-refractivity contribution in [3.8, 4) is 11.5 Å². The van der Waals surface area contributed by atoms with Gasteiger partial charge in [-0.2, -0.15) is 4.98 Å². The molecule has 0 fully saturated rings. The third-order valence-corrected chi connectivity index (χ3v) is 4.45. The summed E-state index contributed by atoms with van der Waals surface area (Å²) in [5.74, 6) is 2.23. The van der Waals surface area contributed by atoms with Gasteiger partial charge in [0, 0.05) is 24.0 Å². The Balaban J connectivity index is 1.85. The lowest BCUT2D eigenvalue weighted by Crippen LogP contribution is -2.02. The average Bonchev–Trinajstić information content (AvgIpc) is 2.66.